The predicted molar refractivity (Wildman–Crippen MR) is 68.6 cm³/mol. The molecule has 0 fully saturated rings. The lowest BCUT2D eigenvalue weighted by Gasteiger charge is -2.23. The maximum Gasteiger partial charge on any atom is 0.230 e. The Kier molecular flexibility index (Phi) is 3.65. The summed E-state index contributed by atoms with van der Waals surface area (Å²) in [6.45, 7) is 0. The van der Waals surface area contributed by atoms with Crippen molar-refractivity contribution in [3.05, 3.63) is 35.4 Å². The molecular formula is C14H18N2O2. The maximum atomic E-state index is 11.5. The van der Waals surface area contributed by atoms with Crippen molar-refractivity contribution in [2.75, 3.05) is 0 Å². The number of hydrogen-bond acceptors (Lipinski definition) is 2. The molecule has 0 bridgehead atoms. The summed E-state index contributed by atoms with van der Waals surface area (Å²) in [5, 5.41) is 0. The molecule has 0 unspecified atom stereocenters. The Bertz CT molecular complexity index is 457. The van der Waals surface area contributed by atoms with Gasteiger partial charge in [-0.1, -0.05) is 30.7 Å². The van der Waals surface area contributed by atoms with Gasteiger partial charge in [-0.2, -0.15) is 0 Å². The first-order valence-electron chi connectivity index (χ1n) is 6.27. The molecule has 0 radical (unpaired) electrons. The highest BCUT2D eigenvalue weighted by atomic mass is 16.2. The van der Waals surface area contributed by atoms with Crippen LogP contribution in [0.4, 0.5) is 0 Å². The minimum atomic E-state index is -0.899. The third-order valence-corrected chi connectivity index (χ3v) is 3.68. The molecule has 0 aliphatic heterocycles. The summed E-state index contributed by atoms with van der Waals surface area (Å²) in [6, 6.07) is 7.93. The summed E-state index contributed by atoms with van der Waals surface area (Å²) in [7, 11) is 0. The van der Waals surface area contributed by atoms with Gasteiger partial charge >= 0.3 is 0 Å². The molecule has 4 nitrogen and oxygen atoms in total. The van der Waals surface area contributed by atoms with Crippen molar-refractivity contribution in [1.29, 1.82) is 0 Å². The quantitative estimate of drug-likeness (QED) is 0.617. The predicted octanol–water partition coefficient (Wildman–Crippen LogP) is 1.08. The van der Waals surface area contributed by atoms with Gasteiger partial charge in [0.25, 0.3) is 0 Å². The number of nitrogens with two attached hydrogens (primary N) is 2. The molecule has 2 amide bonds. The Morgan fingerprint density at radius 1 is 1.11 bits per heavy atom. The number of amides is 2. The van der Waals surface area contributed by atoms with E-state index in [4.69, 9.17) is 11.5 Å². The van der Waals surface area contributed by atoms with Crippen LogP contribution >= 0.6 is 0 Å². The third kappa shape index (κ3) is 2.37. The lowest BCUT2D eigenvalue weighted by Crippen LogP contribution is -2.39. The van der Waals surface area contributed by atoms with Crippen LogP contribution in [0, 0.1) is 5.92 Å². The molecule has 1 aromatic carbocycles. The normalized spacial score (nSPS) is 19.1. The lowest BCUT2D eigenvalue weighted by atomic mass is 9.81. The number of benzene rings is 1. The smallest absolute Gasteiger partial charge is 0.230 e. The number of aryl methyl sites for hydroxylation is 1. The molecule has 1 aliphatic carbocycles. The molecule has 0 saturated carbocycles. The van der Waals surface area contributed by atoms with Crippen molar-refractivity contribution in [2.45, 2.75) is 31.6 Å². The van der Waals surface area contributed by atoms with E-state index >= 15 is 0 Å². The molecule has 1 aromatic rings. The van der Waals surface area contributed by atoms with E-state index < -0.39 is 17.7 Å². The molecule has 18 heavy (non-hydrogen) atoms. The minimum absolute atomic E-state index is 0.168. The van der Waals surface area contributed by atoms with Crippen LogP contribution in [0.1, 0.15) is 36.3 Å². The minimum Gasteiger partial charge on any atom is -0.369 e. The van der Waals surface area contributed by atoms with Crippen LogP contribution in [-0.4, -0.2) is 11.8 Å². The van der Waals surface area contributed by atoms with Gasteiger partial charge in [-0.25, -0.2) is 0 Å². The number of fused-ring (bicyclic) bond motifs is 1. The van der Waals surface area contributed by atoms with Crippen LogP contribution in [0.5, 0.6) is 0 Å². The maximum absolute atomic E-state index is 11.5. The Morgan fingerprint density at radius 2 is 1.78 bits per heavy atom. The topological polar surface area (TPSA) is 86.2 Å². The fraction of sp³-hybridized carbons (Fsp3) is 0.429. The van der Waals surface area contributed by atoms with Crippen molar-refractivity contribution >= 4 is 11.8 Å². The molecule has 4 heteroatoms. The molecule has 0 heterocycles. The van der Waals surface area contributed by atoms with Gasteiger partial charge in [-0.05, 0) is 30.4 Å². The van der Waals surface area contributed by atoms with Crippen LogP contribution in [-0.2, 0) is 16.0 Å². The van der Waals surface area contributed by atoms with E-state index in [9.17, 15) is 9.59 Å². The zero-order valence-electron chi connectivity index (χ0n) is 10.3. The molecule has 1 aliphatic rings. The summed E-state index contributed by atoms with van der Waals surface area (Å²) in [5.74, 6) is -2.31. The molecular weight excluding hydrogens is 228 g/mol. The summed E-state index contributed by atoms with van der Waals surface area (Å²) in [5.41, 5.74) is 12.9. The highest BCUT2D eigenvalue weighted by Gasteiger charge is 2.34. The SMILES string of the molecule is NC(=O)C(C(N)=O)[C@H]1CCCCc2ccccc21. The van der Waals surface area contributed by atoms with Gasteiger partial charge in [0.15, 0.2) is 0 Å². The van der Waals surface area contributed by atoms with Gasteiger partial charge in [0.1, 0.15) is 5.92 Å². The second kappa shape index (κ2) is 5.21. The fourth-order valence-corrected chi connectivity index (χ4v) is 2.84. The van der Waals surface area contributed by atoms with Gasteiger partial charge in [0.05, 0.1) is 0 Å². The zero-order chi connectivity index (χ0) is 13.1. The highest BCUT2D eigenvalue weighted by molar-refractivity contribution is 5.99. The Balaban J connectivity index is 2.43. The van der Waals surface area contributed by atoms with Crippen molar-refractivity contribution in [1.82, 2.24) is 0 Å². The summed E-state index contributed by atoms with van der Waals surface area (Å²) in [4.78, 5) is 23.0. The van der Waals surface area contributed by atoms with Gasteiger partial charge < -0.3 is 11.5 Å². The molecule has 96 valence electrons. The first kappa shape index (κ1) is 12.6. The number of carbonyl (C=O) groups excluding carboxylic acids is 2. The average Bonchev–Trinajstić information content (AvgIpc) is 2.52. The van der Waals surface area contributed by atoms with Crippen molar-refractivity contribution in [2.24, 2.45) is 17.4 Å². The monoisotopic (exact) mass is 246 g/mol. The van der Waals surface area contributed by atoms with Crippen molar-refractivity contribution in [3.8, 4) is 0 Å². The van der Waals surface area contributed by atoms with Gasteiger partial charge in [-0.15, -0.1) is 0 Å². The molecule has 1 atom stereocenters. The standard InChI is InChI=1S/C14H18N2O2/c15-13(17)12(14(16)18)11-8-4-2-6-9-5-1-3-7-10(9)11/h1,3,5,7,11-12H,2,4,6,8H2,(H2,15,17)(H2,16,18)/t11-/m0/s1. The van der Waals surface area contributed by atoms with E-state index in [1.165, 1.54) is 5.56 Å². The number of primary amides is 2. The van der Waals surface area contributed by atoms with E-state index in [-0.39, 0.29) is 5.92 Å². The zero-order valence-corrected chi connectivity index (χ0v) is 10.3. The summed E-state index contributed by atoms with van der Waals surface area (Å²) in [6.07, 6.45) is 3.82. The van der Waals surface area contributed by atoms with E-state index in [0.29, 0.717) is 0 Å². The van der Waals surface area contributed by atoms with Crippen molar-refractivity contribution in [3.63, 3.8) is 0 Å². The second-order valence-electron chi connectivity index (χ2n) is 4.83. The van der Waals surface area contributed by atoms with Crippen LogP contribution in [0.25, 0.3) is 0 Å². The van der Waals surface area contributed by atoms with Gasteiger partial charge in [0.2, 0.25) is 11.8 Å². The van der Waals surface area contributed by atoms with Crippen LogP contribution < -0.4 is 11.5 Å². The van der Waals surface area contributed by atoms with E-state index in [0.717, 1.165) is 31.2 Å². The number of rotatable bonds is 3. The number of hydrogen-bond donors (Lipinski definition) is 2. The third-order valence-electron chi connectivity index (χ3n) is 3.68. The summed E-state index contributed by atoms with van der Waals surface area (Å²) >= 11 is 0. The molecule has 4 N–H and O–H groups in total. The Labute approximate surface area is 106 Å². The lowest BCUT2D eigenvalue weighted by molar-refractivity contribution is -0.132. The van der Waals surface area contributed by atoms with Gasteiger partial charge in [-0.3, -0.25) is 9.59 Å². The largest absolute Gasteiger partial charge is 0.369 e. The Morgan fingerprint density at radius 3 is 2.44 bits per heavy atom. The first-order chi connectivity index (χ1) is 8.61. The fourth-order valence-electron chi connectivity index (χ4n) is 2.84. The average molecular weight is 246 g/mol. The molecule has 0 saturated heterocycles. The highest BCUT2D eigenvalue weighted by Crippen LogP contribution is 2.35. The second-order valence-corrected chi connectivity index (χ2v) is 4.83. The van der Waals surface area contributed by atoms with E-state index in [1.807, 2.05) is 24.3 Å². The molecule has 0 aromatic heterocycles. The Hall–Kier alpha value is -1.84. The van der Waals surface area contributed by atoms with Crippen molar-refractivity contribution < 1.29 is 9.59 Å². The van der Waals surface area contributed by atoms with E-state index in [1.54, 1.807) is 0 Å². The van der Waals surface area contributed by atoms with Crippen LogP contribution in [0.2, 0.25) is 0 Å². The summed E-state index contributed by atoms with van der Waals surface area (Å²) < 4.78 is 0. The van der Waals surface area contributed by atoms with Crippen LogP contribution in [0.3, 0.4) is 0 Å². The van der Waals surface area contributed by atoms with E-state index in [2.05, 4.69) is 0 Å². The number of carbonyl (C=O) groups is 2. The molecule has 2 rings (SSSR count). The first-order valence-corrected chi connectivity index (χ1v) is 6.27. The molecule has 0 spiro atoms. The van der Waals surface area contributed by atoms with Gasteiger partial charge in [0, 0.05) is 5.92 Å². The van der Waals surface area contributed by atoms with Crippen LogP contribution in [0.15, 0.2) is 24.3 Å².